The maximum atomic E-state index is 11.6. The van der Waals surface area contributed by atoms with Crippen molar-refractivity contribution in [1.29, 1.82) is 0 Å². The lowest BCUT2D eigenvalue weighted by Crippen LogP contribution is -2.03. The van der Waals surface area contributed by atoms with Gasteiger partial charge in [0, 0.05) is 12.3 Å². The molecular weight excluding hydrogens is 176 g/mol. The molecule has 1 aromatic rings. The fraction of sp³-hybridized carbons (Fsp3) is 0.167. The van der Waals surface area contributed by atoms with Crippen molar-refractivity contribution < 1.29 is 13.5 Å². The third-order valence-electron chi connectivity index (χ3n) is 0.871. The Morgan fingerprint density at radius 3 is 2.91 bits per heavy atom. The summed E-state index contributed by atoms with van der Waals surface area (Å²) in [6.45, 7) is -2.90. The Balaban J connectivity index is 2.78. The average molecular weight is 179 g/mol. The molecule has 0 aliphatic heterocycles. The van der Waals surface area contributed by atoms with Crippen LogP contribution in [0.5, 0.6) is 5.88 Å². The zero-order valence-electron chi connectivity index (χ0n) is 5.22. The molecule has 0 aliphatic carbocycles. The van der Waals surface area contributed by atoms with Crippen LogP contribution in [0.15, 0.2) is 12.3 Å². The molecule has 0 fully saturated rings. The summed E-state index contributed by atoms with van der Waals surface area (Å²) in [5.41, 5.74) is 0. The molecule has 11 heavy (non-hydrogen) atoms. The van der Waals surface area contributed by atoms with Gasteiger partial charge in [-0.25, -0.2) is 4.98 Å². The van der Waals surface area contributed by atoms with Crippen LogP contribution in [0.4, 0.5) is 8.78 Å². The van der Waals surface area contributed by atoms with Gasteiger partial charge >= 0.3 is 6.61 Å². The molecular formula is C6H3ClF2NO. The van der Waals surface area contributed by atoms with E-state index in [9.17, 15) is 8.78 Å². The van der Waals surface area contributed by atoms with Crippen molar-refractivity contribution in [3.8, 4) is 5.88 Å². The first-order valence-corrected chi connectivity index (χ1v) is 3.04. The summed E-state index contributed by atoms with van der Waals surface area (Å²) in [5, 5.41) is 0.0211. The number of hydrogen-bond acceptors (Lipinski definition) is 2. The van der Waals surface area contributed by atoms with Crippen molar-refractivity contribution in [3.63, 3.8) is 0 Å². The Morgan fingerprint density at radius 1 is 1.64 bits per heavy atom. The van der Waals surface area contributed by atoms with Crippen LogP contribution in [0.1, 0.15) is 0 Å². The Hall–Kier alpha value is -0.900. The second kappa shape index (κ2) is 3.48. The van der Waals surface area contributed by atoms with E-state index in [2.05, 4.69) is 15.8 Å². The van der Waals surface area contributed by atoms with Crippen LogP contribution in [0, 0.1) is 6.07 Å². The van der Waals surface area contributed by atoms with E-state index in [-0.39, 0.29) is 10.9 Å². The molecule has 5 heteroatoms. The summed E-state index contributed by atoms with van der Waals surface area (Å²) in [6, 6.07) is 3.80. The lowest BCUT2D eigenvalue weighted by atomic mass is 10.5. The second-order valence-corrected chi connectivity index (χ2v) is 2.01. The molecule has 59 valence electrons. The number of nitrogens with zero attached hydrogens (tertiary/aromatic N) is 1. The van der Waals surface area contributed by atoms with Crippen LogP contribution < -0.4 is 4.74 Å². The van der Waals surface area contributed by atoms with E-state index in [1.807, 2.05) is 0 Å². The normalized spacial score (nSPS) is 10.2. The number of pyridine rings is 1. The SMILES string of the molecule is FC(F)Oc1nc[c]cc1Cl. The number of rotatable bonds is 2. The fourth-order valence-electron chi connectivity index (χ4n) is 0.501. The molecule has 1 radical (unpaired) electrons. The standard InChI is InChI=1S/C6H3ClF2NO/c7-4-2-1-3-10-5(4)11-6(8)9/h2-3,6H. The Labute approximate surface area is 66.8 Å². The first kappa shape index (κ1) is 8.20. The summed E-state index contributed by atoms with van der Waals surface area (Å²) < 4.78 is 27.1. The molecule has 0 amide bonds. The number of halogens is 3. The summed E-state index contributed by atoms with van der Waals surface area (Å²) in [4.78, 5) is 3.43. The van der Waals surface area contributed by atoms with Gasteiger partial charge in [-0.1, -0.05) is 11.6 Å². The largest absolute Gasteiger partial charge is 0.415 e. The lowest BCUT2D eigenvalue weighted by Gasteiger charge is -2.02. The van der Waals surface area contributed by atoms with E-state index in [0.29, 0.717) is 0 Å². The fourth-order valence-corrected chi connectivity index (χ4v) is 0.657. The van der Waals surface area contributed by atoms with Crippen molar-refractivity contribution in [1.82, 2.24) is 4.98 Å². The summed E-state index contributed by atoms with van der Waals surface area (Å²) in [5.74, 6) is -0.277. The van der Waals surface area contributed by atoms with Crippen molar-refractivity contribution in [2.75, 3.05) is 0 Å². The van der Waals surface area contributed by atoms with Gasteiger partial charge in [0.1, 0.15) is 5.02 Å². The highest BCUT2D eigenvalue weighted by Crippen LogP contribution is 2.21. The van der Waals surface area contributed by atoms with E-state index in [4.69, 9.17) is 11.6 Å². The molecule has 0 spiro atoms. The summed E-state index contributed by atoms with van der Waals surface area (Å²) >= 11 is 5.42. The van der Waals surface area contributed by atoms with Gasteiger partial charge in [0.15, 0.2) is 0 Å². The van der Waals surface area contributed by atoms with Crippen molar-refractivity contribution >= 4 is 11.6 Å². The van der Waals surface area contributed by atoms with E-state index < -0.39 is 6.61 Å². The topological polar surface area (TPSA) is 22.1 Å². The van der Waals surface area contributed by atoms with Crippen molar-refractivity contribution in [3.05, 3.63) is 23.4 Å². The predicted octanol–water partition coefficient (Wildman–Crippen LogP) is 2.14. The van der Waals surface area contributed by atoms with Crippen LogP contribution >= 0.6 is 11.6 Å². The zero-order chi connectivity index (χ0) is 8.27. The van der Waals surface area contributed by atoms with Crippen molar-refractivity contribution in [2.45, 2.75) is 6.61 Å². The van der Waals surface area contributed by atoms with Gasteiger partial charge in [0.2, 0.25) is 5.88 Å². The lowest BCUT2D eigenvalue weighted by molar-refractivity contribution is -0.0527. The first-order chi connectivity index (χ1) is 5.20. The number of aromatic nitrogens is 1. The van der Waals surface area contributed by atoms with Gasteiger partial charge in [-0.05, 0) is 6.07 Å². The van der Waals surface area contributed by atoms with Crippen LogP contribution in [0.3, 0.4) is 0 Å². The number of ether oxygens (including phenoxy) is 1. The maximum Gasteiger partial charge on any atom is 0.388 e. The van der Waals surface area contributed by atoms with Crippen molar-refractivity contribution in [2.24, 2.45) is 0 Å². The second-order valence-electron chi connectivity index (χ2n) is 1.60. The van der Waals surface area contributed by atoms with E-state index in [1.165, 1.54) is 12.3 Å². The molecule has 1 aromatic heterocycles. The molecule has 0 atom stereocenters. The first-order valence-electron chi connectivity index (χ1n) is 2.66. The molecule has 0 N–H and O–H groups in total. The van der Waals surface area contributed by atoms with Gasteiger partial charge in [-0.15, -0.1) is 0 Å². The molecule has 0 aliphatic rings. The molecule has 0 unspecified atom stereocenters. The Kier molecular flexibility index (Phi) is 2.59. The van der Waals surface area contributed by atoms with Crippen LogP contribution in [0.25, 0.3) is 0 Å². The molecule has 0 saturated carbocycles. The highest BCUT2D eigenvalue weighted by atomic mass is 35.5. The zero-order valence-corrected chi connectivity index (χ0v) is 5.98. The van der Waals surface area contributed by atoms with Gasteiger partial charge in [-0.3, -0.25) is 0 Å². The van der Waals surface area contributed by atoms with Gasteiger partial charge in [0.25, 0.3) is 0 Å². The number of hydrogen-bond donors (Lipinski definition) is 0. The van der Waals surface area contributed by atoms with Gasteiger partial charge < -0.3 is 4.74 Å². The monoisotopic (exact) mass is 178 g/mol. The van der Waals surface area contributed by atoms with Gasteiger partial charge in [-0.2, -0.15) is 8.78 Å². The quantitative estimate of drug-likeness (QED) is 0.692. The molecule has 1 heterocycles. The van der Waals surface area contributed by atoms with Crippen LogP contribution in [-0.2, 0) is 0 Å². The van der Waals surface area contributed by atoms with Gasteiger partial charge in [0.05, 0.1) is 0 Å². The van der Waals surface area contributed by atoms with Crippen LogP contribution in [0.2, 0.25) is 5.02 Å². The van der Waals surface area contributed by atoms with Crippen LogP contribution in [-0.4, -0.2) is 11.6 Å². The molecule has 1 rings (SSSR count). The average Bonchev–Trinajstić information content (AvgIpc) is 1.93. The third kappa shape index (κ3) is 2.31. The minimum Gasteiger partial charge on any atom is -0.415 e. The Bertz CT molecular complexity index is 244. The highest BCUT2D eigenvalue weighted by molar-refractivity contribution is 6.31. The molecule has 0 saturated heterocycles. The smallest absolute Gasteiger partial charge is 0.388 e. The summed E-state index contributed by atoms with van der Waals surface area (Å²) in [7, 11) is 0. The maximum absolute atomic E-state index is 11.6. The number of alkyl halides is 2. The molecule has 2 nitrogen and oxygen atoms in total. The van der Waals surface area contributed by atoms with E-state index in [1.54, 1.807) is 0 Å². The minimum atomic E-state index is -2.90. The highest BCUT2D eigenvalue weighted by Gasteiger charge is 2.07. The predicted molar refractivity (Wildman–Crippen MR) is 34.7 cm³/mol. The Morgan fingerprint density at radius 2 is 2.36 bits per heavy atom. The summed E-state index contributed by atoms with van der Waals surface area (Å²) in [6.07, 6.45) is 1.20. The minimum absolute atomic E-state index is 0.0211. The van der Waals surface area contributed by atoms with E-state index >= 15 is 0 Å². The molecule has 0 aromatic carbocycles. The van der Waals surface area contributed by atoms with E-state index in [0.717, 1.165) is 0 Å². The molecule has 0 bridgehead atoms. The third-order valence-corrected chi connectivity index (χ3v) is 1.14.